The van der Waals surface area contributed by atoms with Gasteiger partial charge in [-0.15, -0.1) is 11.3 Å². The first-order valence-electron chi connectivity index (χ1n) is 5.19. The minimum absolute atomic E-state index is 0.302. The average Bonchev–Trinajstić information content (AvgIpc) is 2.41. The van der Waals surface area contributed by atoms with Crippen molar-refractivity contribution >= 4 is 39.1 Å². The van der Waals surface area contributed by atoms with Gasteiger partial charge in [0.2, 0.25) is 5.95 Å². The van der Waals surface area contributed by atoms with E-state index in [0.717, 1.165) is 10.2 Å². The molecule has 0 aliphatic rings. The molecular weight excluding hydrogens is 242 g/mol. The van der Waals surface area contributed by atoms with Crippen LogP contribution in [0.5, 0.6) is 0 Å². The second kappa shape index (κ2) is 4.18. The molecule has 0 aliphatic carbocycles. The monoisotopic (exact) mass is 255 g/mol. The van der Waals surface area contributed by atoms with Crippen molar-refractivity contribution in [3.05, 3.63) is 15.6 Å². The fourth-order valence-electron chi connectivity index (χ4n) is 1.52. The van der Waals surface area contributed by atoms with Gasteiger partial charge in [0.05, 0.1) is 5.39 Å². The number of nitrogens with one attached hydrogen (secondary N) is 1. The number of hydrogen-bond donors (Lipinski definition) is 1. The zero-order valence-corrected chi connectivity index (χ0v) is 11.3. The molecule has 2 rings (SSSR count). The quantitative estimate of drug-likeness (QED) is 0.830. The molecule has 0 atom stereocenters. The van der Waals surface area contributed by atoms with Crippen LogP contribution in [-0.4, -0.2) is 16.0 Å². The fourth-order valence-corrected chi connectivity index (χ4v) is 2.92. The van der Waals surface area contributed by atoms with Gasteiger partial charge in [-0.2, -0.15) is 0 Å². The van der Waals surface area contributed by atoms with Gasteiger partial charge in [-0.1, -0.05) is 11.6 Å². The number of aryl methyl sites for hydroxylation is 2. The van der Waals surface area contributed by atoms with Crippen LogP contribution in [-0.2, 0) is 0 Å². The van der Waals surface area contributed by atoms with E-state index in [-0.39, 0.29) is 0 Å². The molecule has 0 radical (unpaired) electrons. The van der Waals surface area contributed by atoms with Gasteiger partial charge in [-0.25, -0.2) is 9.97 Å². The summed E-state index contributed by atoms with van der Waals surface area (Å²) in [5, 5.41) is 4.69. The van der Waals surface area contributed by atoms with Gasteiger partial charge < -0.3 is 5.32 Å². The van der Waals surface area contributed by atoms with Gasteiger partial charge in [0.15, 0.2) is 0 Å². The summed E-state index contributed by atoms with van der Waals surface area (Å²) in [5.74, 6) is 0.605. The van der Waals surface area contributed by atoms with Gasteiger partial charge in [0.25, 0.3) is 0 Å². The summed E-state index contributed by atoms with van der Waals surface area (Å²) in [7, 11) is 0. The van der Waals surface area contributed by atoms with Crippen molar-refractivity contribution in [2.24, 2.45) is 0 Å². The van der Waals surface area contributed by atoms with Crippen LogP contribution < -0.4 is 5.32 Å². The Labute approximate surface area is 104 Å². The van der Waals surface area contributed by atoms with Crippen molar-refractivity contribution in [2.75, 3.05) is 5.32 Å². The second-order valence-electron chi connectivity index (χ2n) is 4.10. The maximum Gasteiger partial charge on any atom is 0.225 e. The molecule has 2 aromatic heterocycles. The number of hydrogen-bond acceptors (Lipinski definition) is 4. The van der Waals surface area contributed by atoms with Crippen LogP contribution in [0.1, 0.15) is 24.3 Å². The lowest BCUT2D eigenvalue weighted by Crippen LogP contribution is -2.12. The van der Waals surface area contributed by atoms with Crippen LogP contribution in [0.3, 0.4) is 0 Å². The summed E-state index contributed by atoms with van der Waals surface area (Å²) in [6, 6.07) is 0.302. The molecule has 0 unspecified atom stereocenters. The molecule has 2 heterocycles. The Bertz CT molecular complexity index is 533. The zero-order valence-electron chi connectivity index (χ0n) is 9.76. The number of anilines is 1. The predicted octanol–water partition coefficient (Wildman–Crippen LogP) is 3.78. The van der Waals surface area contributed by atoms with Gasteiger partial charge in [-0.05, 0) is 33.3 Å². The van der Waals surface area contributed by atoms with E-state index in [0.29, 0.717) is 17.1 Å². The van der Waals surface area contributed by atoms with E-state index >= 15 is 0 Å². The highest BCUT2D eigenvalue weighted by molar-refractivity contribution is 7.18. The number of halogens is 1. The average molecular weight is 256 g/mol. The topological polar surface area (TPSA) is 37.8 Å². The van der Waals surface area contributed by atoms with Crippen LogP contribution in [0.15, 0.2) is 0 Å². The van der Waals surface area contributed by atoms with Crippen molar-refractivity contribution in [3.8, 4) is 0 Å². The van der Waals surface area contributed by atoms with E-state index in [4.69, 9.17) is 11.6 Å². The van der Waals surface area contributed by atoms with E-state index in [1.165, 1.54) is 10.4 Å². The normalized spacial score (nSPS) is 11.4. The number of thiophene rings is 1. The molecule has 0 saturated heterocycles. The third-order valence-corrected chi connectivity index (χ3v) is 3.78. The molecule has 0 fully saturated rings. The molecule has 0 spiro atoms. The first-order chi connectivity index (χ1) is 7.49. The van der Waals surface area contributed by atoms with Gasteiger partial charge in [0, 0.05) is 10.9 Å². The number of aromatic nitrogens is 2. The summed E-state index contributed by atoms with van der Waals surface area (Å²) in [6.45, 7) is 8.23. The second-order valence-corrected chi connectivity index (χ2v) is 5.66. The molecule has 0 bridgehead atoms. The Morgan fingerprint density at radius 1 is 1.25 bits per heavy atom. The minimum atomic E-state index is 0.302. The van der Waals surface area contributed by atoms with Crippen molar-refractivity contribution < 1.29 is 0 Å². The Morgan fingerprint density at radius 3 is 2.56 bits per heavy atom. The lowest BCUT2D eigenvalue weighted by atomic mass is 10.2. The van der Waals surface area contributed by atoms with Crippen LogP contribution in [0, 0.1) is 13.8 Å². The molecule has 0 aromatic carbocycles. The van der Waals surface area contributed by atoms with Crippen LogP contribution >= 0.6 is 22.9 Å². The molecule has 3 nitrogen and oxygen atoms in total. The van der Waals surface area contributed by atoms with E-state index in [1.54, 1.807) is 11.3 Å². The van der Waals surface area contributed by atoms with Crippen molar-refractivity contribution in [1.82, 2.24) is 9.97 Å². The zero-order chi connectivity index (χ0) is 11.9. The molecule has 2 aromatic rings. The third kappa shape index (κ3) is 1.99. The largest absolute Gasteiger partial charge is 0.352 e. The number of rotatable bonds is 2. The molecule has 0 saturated carbocycles. The Morgan fingerprint density at radius 2 is 1.94 bits per heavy atom. The molecule has 0 aliphatic heterocycles. The Hall–Kier alpha value is -0.870. The van der Waals surface area contributed by atoms with Gasteiger partial charge >= 0.3 is 0 Å². The molecule has 5 heteroatoms. The van der Waals surface area contributed by atoms with Crippen LogP contribution in [0.4, 0.5) is 5.95 Å². The first kappa shape index (κ1) is 11.6. The van der Waals surface area contributed by atoms with E-state index in [1.807, 2.05) is 13.8 Å². The van der Waals surface area contributed by atoms with Crippen LogP contribution in [0.2, 0.25) is 5.15 Å². The highest BCUT2D eigenvalue weighted by Gasteiger charge is 2.13. The van der Waals surface area contributed by atoms with Crippen molar-refractivity contribution in [1.29, 1.82) is 0 Å². The highest BCUT2D eigenvalue weighted by Crippen LogP contribution is 2.33. The molecule has 0 amide bonds. The Balaban J connectivity index is 2.59. The van der Waals surface area contributed by atoms with E-state index in [2.05, 4.69) is 29.1 Å². The molecule has 1 N–H and O–H groups in total. The SMILES string of the molecule is Cc1sc2nc(NC(C)C)nc(Cl)c2c1C. The number of fused-ring (bicyclic) bond motifs is 1. The summed E-state index contributed by atoms with van der Waals surface area (Å²) >= 11 is 7.84. The van der Waals surface area contributed by atoms with Gasteiger partial charge in [0.1, 0.15) is 9.98 Å². The minimum Gasteiger partial charge on any atom is -0.352 e. The maximum atomic E-state index is 6.18. The smallest absolute Gasteiger partial charge is 0.225 e. The maximum absolute atomic E-state index is 6.18. The van der Waals surface area contributed by atoms with E-state index in [9.17, 15) is 0 Å². The Kier molecular flexibility index (Phi) is 3.04. The summed E-state index contributed by atoms with van der Waals surface area (Å²) < 4.78 is 0. The van der Waals surface area contributed by atoms with Crippen LogP contribution in [0.25, 0.3) is 10.2 Å². The third-order valence-electron chi connectivity index (χ3n) is 2.40. The number of nitrogens with zero attached hydrogens (tertiary/aromatic N) is 2. The summed E-state index contributed by atoms with van der Waals surface area (Å²) in [4.78, 5) is 10.9. The fraction of sp³-hybridized carbons (Fsp3) is 0.455. The lowest BCUT2D eigenvalue weighted by molar-refractivity contribution is 0.878. The molecule has 86 valence electrons. The standard InChI is InChI=1S/C11H14ClN3S/c1-5(2)13-11-14-9(12)8-6(3)7(4)16-10(8)15-11/h5H,1-4H3,(H,13,14,15). The first-order valence-corrected chi connectivity index (χ1v) is 6.38. The van der Waals surface area contributed by atoms with E-state index < -0.39 is 0 Å². The summed E-state index contributed by atoms with van der Waals surface area (Å²) in [6.07, 6.45) is 0. The van der Waals surface area contributed by atoms with Gasteiger partial charge in [-0.3, -0.25) is 0 Å². The predicted molar refractivity (Wildman–Crippen MR) is 70.7 cm³/mol. The lowest BCUT2D eigenvalue weighted by Gasteiger charge is -2.08. The highest BCUT2D eigenvalue weighted by atomic mass is 35.5. The molecular formula is C11H14ClN3S. The van der Waals surface area contributed by atoms with Crippen molar-refractivity contribution in [2.45, 2.75) is 33.7 Å². The van der Waals surface area contributed by atoms with Crippen molar-refractivity contribution in [3.63, 3.8) is 0 Å². The summed E-state index contributed by atoms with van der Waals surface area (Å²) in [5.41, 5.74) is 1.18. The molecule has 16 heavy (non-hydrogen) atoms.